The van der Waals surface area contributed by atoms with Gasteiger partial charge in [0.05, 0.1) is 0 Å². The second-order valence-corrected chi connectivity index (χ2v) is 5.33. The van der Waals surface area contributed by atoms with E-state index in [1.54, 1.807) is 0 Å². The molecule has 14 heavy (non-hydrogen) atoms. The van der Waals surface area contributed by atoms with Gasteiger partial charge < -0.3 is 10.1 Å². The molecule has 1 aliphatic rings. The zero-order valence-electron chi connectivity index (χ0n) is 9.59. The number of amides is 1. The normalized spacial score (nSPS) is 26.6. The maximum Gasteiger partial charge on any atom is 0.407 e. The molecule has 0 saturated heterocycles. The van der Waals surface area contributed by atoms with Crippen LogP contribution in [0.4, 0.5) is 4.79 Å². The molecule has 0 atom stereocenters. The van der Waals surface area contributed by atoms with Crippen LogP contribution in [0.25, 0.3) is 0 Å². The number of nitrogens with one attached hydrogen (secondary N) is 1. The highest BCUT2D eigenvalue weighted by Crippen LogP contribution is 2.32. The molecule has 82 valence electrons. The first kappa shape index (κ1) is 11.3. The zero-order chi connectivity index (χ0) is 10.8. The summed E-state index contributed by atoms with van der Waals surface area (Å²) < 4.78 is 5.13. The molecule has 0 radical (unpaired) electrons. The topological polar surface area (TPSA) is 38.3 Å². The average Bonchev–Trinajstić information content (AvgIpc) is 1.92. The van der Waals surface area contributed by atoms with E-state index in [0.29, 0.717) is 5.92 Å². The number of rotatable bonds is 2. The SMILES string of the molecule is CC1CC(CNC(=O)OC(C)(C)C)C1. The molecule has 1 N–H and O–H groups in total. The average molecular weight is 199 g/mol. The summed E-state index contributed by atoms with van der Waals surface area (Å²) >= 11 is 0. The monoisotopic (exact) mass is 199 g/mol. The van der Waals surface area contributed by atoms with Crippen LogP contribution in [0.3, 0.4) is 0 Å². The molecular weight excluding hydrogens is 178 g/mol. The Bertz CT molecular complexity index is 202. The molecule has 1 amide bonds. The molecule has 1 rings (SSSR count). The molecule has 1 fully saturated rings. The third-order valence-electron chi connectivity index (χ3n) is 2.41. The highest BCUT2D eigenvalue weighted by molar-refractivity contribution is 5.67. The van der Waals surface area contributed by atoms with Crippen LogP contribution in [0.15, 0.2) is 0 Å². The number of alkyl carbamates (subject to hydrolysis) is 1. The first-order chi connectivity index (χ1) is 6.37. The lowest BCUT2D eigenvalue weighted by molar-refractivity contribution is 0.0500. The van der Waals surface area contributed by atoms with E-state index in [1.165, 1.54) is 12.8 Å². The van der Waals surface area contributed by atoms with Gasteiger partial charge in [-0.05, 0) is 45.4 Å². The van der Waals surface area contributed by atoms with Gasteiger partial charge in [0.2, 0.25) is 0 Å². The third-order valence-corrected chi connectivity index (χ3v) is 2.41. The highest BCUT2D eigenvalue weighted by Gasteiger charge is 2.26. The molecule has 0 aromatic carbocycles. The lowest BCUT2D eigenvalue weighted by atomic mass is 9.76. The molecule has 0 aliphatic heterocycles. The Hall–Kier alpha value is -0.730. The largest absolute Gasteiger partial charge is 0.444 e. The van der Waals surface area contributed by atoms with E-state index in [-0.39, 0.29) is 6.09 Å². The third kappa shape index (κ3) is 3.99. The van der Waals surface area contributed by atoms with Crippen molar-refractivity contribution >= 4 is 6.09 Å². The molecule has 0 unspecified atom stereocenters. The summed E-state index contributed by atoms with van der Waals surface area (Å²) in [7, 11) is 0. The first-order valence-electron chi connectivity index (χ1n) is 5.33. The Morgan fingerprint density at radius 1 is 1.43 bits per heavy atom. The van der Waals surface area contributed by atoms with E-state index in [2.05, 4.69) is 12.2 Å². The predicted molar refractivity (Wildman–Crippen MR) is 56.1 cm³/mol. The van der Waals surface area contributed by atoms with Gasteiger partial charge in [-0.1, -0.05) is 6.92 Å². The summed E-state index contributed by atoms with van der Waals surface area (Å²) in [5.74, 6) is 1.50. The lowest BCUT2D eigenvalue weighted by Gasteiger charge is -2.32. The summed E-state index contributed by atoms with van der Waals surface area (Å²) in [5, 5.41) is 2.80. The van der Waals surface area contributed by atoms with Crippen LogP contribution in [0.5, 0.6) is 0 Å². The molecular formula is C11H21NO2. The highest BCUT2D eigenvalue weighted by atomic mass is 16.6. The maximum absolute atomic E-state index is 11.3. The summed E-state index contributed by atoms with van der Waals surface area (Å²) in [6.45, 7) is 8.62. The molecule has 1 aliphatic carbocycles. The van der Waals surface area contributed by atoms with Crippen molar-refractivity contribution in [1.29, 1.82) is 0 Å². The summed E-state index contributed by atoms with van der Waals surface area (Å²) in [5.41, 5.74) is -0.392. The Kier molecular flexibility index (Phi) is 3.40. The van der Waals surface area contributed by atoms with Crippen molar-refractivity contribution in [2.75, 3.05) is 6.54 Å². The second kappa shape index (κ2) is 4.20. The van der Waals surface area contributed by atoms with E-state index < -0.39 is 5.60 Å². The van der Waals surface area contributed by atoms with Crippen LogP contribution in [0.2, 0.25) is 0 Å². The van der Waals surface area contributed by atoms with Crippen LogP contribution in [0.1, 0.15) is 40.5 Å². The fourth-order valence-corrected chi connectivity index (χ4v) is 1.78. The Labute approximate surface area is 86.2 Å². The van der Waals surface area contributed by atoms with Gasteiger partial charge in [-0.2, -0.15) is 0 Å². The van der Waals surface area contributed by atoms with Crippen LogP contribution < -0.4 is 5.32 Å². The van der Waals surface area contributed by atoms with Crippen molar-refractivity contribution in [3.63, 3.8) is 0 Å². The van der Waals surface area contributed by atoms with Gasteiger partial charge in [-0.25, -0.2) is 4.79 Å². The zero-order valence-corrected chi connectivity index (χ0v) is 9.59. The summed E-state index contributed by atoms with van der Waals surface area (Å²) in [6.07, 6.45) is 2.17. The van der Waals surface area contributed by atoms with Gasteiger partial charge in [0.25, 0.3) is 0 Å². The van der Waals surface area contributed by atoms with E-state index in [0.717, 1.165) is 12.5 Å². The van der Waals surface area contributed by atoms with Crippen LogP contribution in [-0.4, -0.2) is 18.2 Å². The summed E-state index contributed by atoms with van der Waals surface area (Å²) in [4.78, 5) is 11.3. The Morgan fingerprint density at radius 2 is 2.00 bits per heavy atom. The Balaban J connectivity index is 2.10. The van der Waals surface area contributed by atoms with E-state index >= 15 is 0 Å². The van der Waals surface area contributed by atoms with Gasteiger partial charge in [-0.15, -0.1) is 0 Å². The van der Waals surface area contributed by atoms with Gasteiger partial charge in [-0.3, -0.25) is 0 Å². The van der Waals surface area contributed by atoms with Crippen LogP contribution in [-0.2, 0) is 4.74 Å². The number of hydrogen-bond acceptors (Lipinski definition) is 2. The fourth-order valence-electron chi connectivity index (χ4n) is 1.78. The van der Waals surface area contributed by atoms with E-state index in [9.17, 15) is 4.79 Å². The minimum atomic E-state index is -0.392. The molecule has 0 aromatic heterocycles. The smallest absolute Gasteiger partial charge is 0.407 e. The van der Waals surface area contributed by atoms with Gasteiger partial charge in [0.1, 0.15) is 5.60 Å². The van der Waals surface area contributed by atoms with Crippen molar-refractivity contribution in [2.24, 2.45) is 11.8 Å². The molecule has 0 spiro atoms. The number of ether oxygens (including phenoxy) is 1. The number of hydrogen-bond donors (Lipinski definition) is 1. The van der Waals surface area contributed by atoms with Crippen molar-refractivity contribution < 1.29 is 9.53 Å². The maximum atomic E-state index is 11.3. The molecule has 3 nitrogen and oxygen atoms in total. The quantitative estimate of drug-likeness (QED) is 0.742. The molecule has 1 saturated carbocycles. The van der Waals surface area contributed by atoms with Crippen LogP contribution >= 0.6 is 0 Å². The molecule has 0 heterocycles. The number of carbonyl (C=O) groups excluding carboxylic acids is 1. The minimum Gasteiger partial charge on any atom is -0.444 e. The van der Waals surface area contributed by atoms with Crippen molar-refractivity contribution in [3.05, 3.63) is 0 Å². The predicted octanol–water partition coefficient (Wildman–Crippen LogP) is 2.56. The molecule has 0 bridgehead atoms. The lowest BCUT2D eigenvalue weighted by Crippen LogP contribution is -2.38. The van der Waals surface area contributed by atoms with Crippen molar-refractivity contribution in [2.45, 2.75) is 46.1 Å². The standard InChI is InChI=1S/C11H21NO2/c1-8-5-9(6-8)7-12-10(13)14-11(2,3)4/h8-9H,5-7H2,1-4H3,(H,12,13). The molecule has 0 aromatic rings. The van der Waals surface area contributed by atoms with E-state index in [1.807, 2.05) is 20.8 Å². The van der Waals surface area contributed by atoms with Gasteiger partial charge in [0.15, 0.2) is 0 Å². The molecule has 3 heteroatoms. The first-order valence-corrected chi connectivity index (χ1v) is 5.33. The fraction of sp³-hybridized carbons (Fsp3) is 0.909. The van der Waals surface area contributed by atoms with Gasteiger partial charge in [0, 0.05) is 6.54 Å². The van der Waals surface area contributed by atoms with E-state index in [4.69, 9.17) is 4.74 Å². The van der Waals surface area contributed by atoms with Crippen molar-refractivity contribution in [3.8, 4) is 0 Å². The Morgan fingerprint density at radius 3 is 2.43 bits per heavy atom. The van der Waals surface area contributed by atoms with Gasteiger partial charge >= 0.3 is 6.09 Å². The number of carbonyl (C=O) groups is 1. The second-order valence-electron chi connectivity index (χ2n) is 5.33. The van der Waals surface area contributed by atoms with Crippen molar-refractivity contribution in [1.82, 2.24) is 5.32 Å². The van der Waals surface area contributed by atoms with Crippen LogP contribution in [0, 0.1) is 11.8 Å². The minimum absolute atomic E-state index is 0.294. The summed E-state index contributed by atoms with van der Waals surface area (Å²) in [6, 6.07) is 0.